The van der Waals surface area contributed by atoms with Gasteiger partial charge in [-0.25, -0.2) is 0 Å². The third-order valence-corrected chi connectivity index (χ3v) is 2.92. The molecule has 2 rings (SSSR count). The molecule has 0 saturated carbocycles. The molecule has 3 heteroatoms. The highest BCUT2D eigenvalue weighted by atomic mass is 14.9. The van der Waals surface area contributed by atoms with E-state index in [-0.39, 0.29) is 0 Å². The Balaban J connectivity index is 1.99. The fourth-order valence-corrected chi connectivity index (χ4v) is 2.00. The van der Waals surface area contributed by atoms with Crippen molar-refractivity contribution in [2.24, 2.45) is 5.92 Å². The normalized spacial score (nSPS) is 18.4. The lowest BCUT2D eigenvalue weighted by molar-refractivity contribution is 0.369. The topological polar surface area (TPSA) is 37.8 Å². The second kappa shape index (κ2) is 4.51. The Morgan fingerprint density at radius 1 is 1.29 bits per heavy atom. The second-order valence-electron chi connectivity index (χ2n) is 3.99. The van der Waals surface area contributed by atoms with Crippen molar-refractivity contribution >= 4 is 0 Å². The van der Waals surface area contributed by atoms with Crippen LogP contribution in [-0.4, -0.2) is 23.1 Å². The fraction of sp³-hybridized carbons (Fsp3) is 0.636. The summed E-state index contributed by atoms with van der Waals surface area (Å²) in [4.78, 5) is 8.66. The highest BCUT2D eigenvalue weighted by molar-refractivity contribution is 5.09. The molecule has 0 aromatic carbocycles. The Labute approximate surface area is 85.0 Å². The quantitative estimate of drug-likeness (QED) is 0.766. The van der Waals surface area contributed by atoms with E-state index in [0.717, 1.165) is 31.1 Å². The average molecular weight is 191 g/mol. The fourth-order valence-electron chi connectivity index (χ4n) is 2.00. The molecular formula is C11H17N3. The van der Waals surface area contributed by atoms with E-state index in [1.54, 1.807) is 12.4 Å². The molecule has 76 valence electrons. The molecule has 3 nitrogen and oxygen atoms in total. The van der Waals surface area contributed by atoms with Gasteiger partial charge in [0.05, 0.1) is 11.4 Å². The van der Waals surface area contributed by atoms with Crippen molar-refractivity contribution in [3.8, 4) is 0 Å². The highest BCUT2D eigenvalue weighted by Gasteiger charge is 2.15. The van der Waals surface area contributed by atoms with E-state index < -0.39 is 0 Å². The molecule has 0 spiro atoms. The zero-order valence-electron chi connectivity index (χ0n) is 8.66. The Hall–Kier alpha value is -0.960. The number of rotatable bonds is 2. The Bertz CT molecular complexity index is 292. The number of hydrogen-bond donors (Lipinski definition) is 1. The lowest BCUT2D eigenvalue weighted by Gasteiger charge is -2.22. The molecule has 1 aliphatic heterocycles. The third-order valence-electron chi connectivity index (χ3n) is 2.92. The molecule has 1 saturated heterocycles. The summed E-state index contributed by atoms with van der Waals surface area (Å²) in [5.74, 6) is 0.798. The largest absolute Gasteiger partial charge is 0.317 e. The minimum atomic E-state index is 0.798. The van der Waals surface area contributed by atoms with E-state index in [0.29, 0.717) is 0 Å². The second-order valence-corrected chi connectivity index (χ2v) is 3.99. The summed E-state index contributed by atoms with van der Waals surface area (Å²) >= 11 is 0. The monoisotopic (exact) mass is 191 g/mol. The minimum Gasteiger partial charge on any atom is -0.317 e. The number of aryl methyl sites for hydroxylation is 1. The van der Waals surface area contributed by atoms with Crippen molar-refractivity contribution < 1.29 is 0 Å². The molecule has 1 fully saturated rings. The summed E-state index contributed by atoms with van der Waals surface area (Å²) in [6, 6.07) is 0. The van der Waals surface area contributed by atoms with Crippen LogP contribution in [0.4, 0.5) is 0 Å². The van der Waals surface area contributed by atoms with Gasteiger partial charge in [0.1, 0.15) is 0 Å². The summed E-state index contributed by atoms with van der Waals surface area (Å²) in [5, 5.41) is 3.38. The van der Waals surface area contributed by atoms with Crippen LogP contribution in [0.2, 0.25) is 0 Å². The van der Waals surface area contributed by atoms with Gasteiger partial charge in [-0.2, -0.15) is 0 Å². The molecule has 0 unspecified atom stereocenters. The minimum absolute atomic E-state index is 0.798. The van der Waals surface area contributed by atoms with E-state index in [1.165, 1.54) is 18.5 Å². The van der Waals surface area contributed by atoms with Gasteiger partial charge in [-0.05, 0) is 45.2 Å². The van der Waals surface area contributed by atoms with Crippen molar-refractivity contribution in [3.63, 3.8) is 0 Å². The van der Waals surface area contributed by atoms with Crippen LogP contribution in [0.15, 0.2) is 12.4 Å². The summed E-state index contributed by atoms with van der Waals surface area (Å²) < 4.78 is 0. The van der Waals surface area contributed by atoms with E-state index in [9.17, 15) is 0 Å². The maximum absolute atomic E-state index is 4.39. The summed E-state index contributed by atoms with van der Waals surface area (Å²) in [5.41, 5.74) is 2.27. The number of nitrogens with zero attached hydrogens (tertiary/aromatic N) is 2. The van der Waals surface area contributed by atoms with Crippen molar-refractivity contribution in [2.45, 2.75) is 26.2 Å². The van der Waals surface area contributed by atoms with E-state index in [1.807, 2.05) is 6.92 Å². The smallest absolute Gasteiger partial charge is 0.0618 e. The Kier molecular flexibility index (Phi) is 3.09. The van der Waals surface area contributed by atoms with Gasteiger partial charge >= 0.3 is 0 Å². The first-order chi connectivity index (χ1) is 6.86. The van der Waals surface area contributed by atoms with Crippen LogP contribution in [0, 0.1) is 12.8 Å². The molecule has 14 heavy (non-hydrogen) atoms. The summed E-state index contributed by atoms with van der Waals surface area (Å²) in [7, 11) is 0. The predicted octanol–water partition coefficient (Wildman–Crippen LogP) is 1.33. The number of piperidine rings is 1. The number of nitrogens with one attached hydrogen (secondary N) is 1. The van der Waals surface area contributed by atoms with Gasteiger partial charge in [-0.1, -0.05) is 0 Å². The SMILES string of the molecule is Cc1nccnc1CC1CCNCC1. The van der Waals surface area contributed by atoms with Crippen molar-refractivity contribution in [1.82, 2.24) is 15.3 Å². The van der Waals surface area contributed by atoms with Gasteiger partial charge in [-0.15, -0.1) is 0 Å². The summed E-state index contributed by atoms with van der Waals surface area (Å²) in [6.07, 6.45) is 7.21. The van der Waals surface area contributed by atoms with Crippen molar-refractivity contribution in [2.75, 3.05) is 13.1 Å². The van der Waals surface area contributed by atoms with Crippen LogP contribution in [-0.2, 0) is 6.42 Å². The molecule has 0 bridgehead atoms. The van der Waals surface area contributed by atoms with Gasteiger partial charge in [0, 0.05) is 12.4 Å². The first-order valence-electron chi connectivity index (χ1n) is 5.33. The van der Waals surface area contributed by atoms with Crippen LogP contribution in [0.3, 0.4) is 0 Å². The Morgan fingerprint density at radius 2 is 2.00 bits per heavy atom. The molecular weight excluding hydrogens is 174 g/mol. The molecule has 2 heterocycles. The van der Waals surface area contributed by atoms with Crippen LogP contribution in [0.25, 0.3) is 0 Å². The average Bonchev–Trinajstić information content (AvgIpc) is 2.23. The van der Waals surface area contributed by atoms with E-state index in [4.69, 9.17) is 0 Å². The van der Waals surface area contributed by atoms with Gasteiger partial charge in [0.25, 0.3) is 0 Å². The van der Waals surface area contributed by atoms with E-state index in [2.05, 4.69) is 15.3 Å². The van der Waals surface area contributed by atoms with Gasteiger partial charge in [0.2, 0.25) is 0 Å². The Morgan fingerprint density at radius 3 is 2.71 bits per heavy atom. The molecule has 1 N–H and O–H groups in total. The molecule has 0 amide bonds. The number of hydrogen-bond acceptors (Lipinski definition) is 3. The van der Waals surface area contributed by atoms with Gasteiger partial charge in [0.15, 0.2) is 0 Å². The molecule has 0 atom stereocenters. The van der Waals surface area contributed by atoms with Crippen LogP contribution >= 0.6 is 0 Å². The zero-order chi connectivity index (χ0) is 9.80. The lowest BCUT2D eigenvalue weighted by Crippen LogP contribution is -2.29. The van der Waals surface area contributed by atoms with Gasteiger partial charge < -0.3 is 5.32 Å². The van der Waals surface area contributed by atoms with Crippen molar-refractivity contribution in [1.29, 1.82) is 0 Å². The van der Waals surface area contributed by atoms with Crippen LogP contribution in [0.5, 0.6) is 0 Å². The number of aromatic nitrogens is 2. The van der Waals surface area contributed by atoms with Crippen molar-refractivity contribution in [3.05, 3.63) is 23.8 Å². The molecule has 1 aliphatic rings. The molecule has 0 aliphatic carbocycles. The molecule has 1 aromatic rings. The molecule has 1 aromatic heterocycles. The van der Waals surface area contributed by atoms with Crippen LogP contribution in [0.1, 0.15) is 24.2 Å². The third kappa shape index (κ3) is 2.29. The highest BCUT2D eigenvalue weighted by Crippen LogP contribution is 2.17. The van der Waals surface area contributed by atoms with Gasteiger partial charge in [-0.3, -0.25) is 9.97 Å². The zero-order valence-corrected chi connectivity index (χ0v) is 8.66. The molecule has 0 radical (unpaired) electrons. The maximum Gasteiger partial charge on any atom is 0.0618 e. The maximum atomic E-state index is 4.39. The first-order valence-corrected chi connectivity index (χ1v) is 5.33. The standard InChI is InChI=1S/C11H17N3/c1-9-11(14-7-6-13-9)8-10-2-4-12-5-3-10/h6-7,10,12H,2-5,8H2,1H3. The summed E-state index contributed by atoms with van der Waals surface area (Å²) in [6.45, 7) is 4.36. The lowest BCUT2D eigenvalue weighted by atomic mass is 9.92. The predicted molar refractivity (Wildman–Crippen MR) is 56.1 cm³/mol. The van der Waals surface area contributed by atoms with Crippen LogP contribution < -0.4 is 5.32 Å². The first kappa shape index (κ1) is 9.59. The van der Waals surface area contributed by atoms with E-state index >= 15 is 0 Å².